The quantitative estimate of drug-likeness (QED) is 0.358. The third-order valence-electron chi connectivity index (χ3n) is 6.56. The fourth-order valence-corrected chi connectivity index (χ4v) is 4.61. The van der Waals surface area contributed by atoms with Gasteiger partial charge in [-0.15, -0.1) is 0 Å². The third kappa shape index (κ3) is 3.90. The first-order valence-corrected chi connectivity index (χ1v) is 12.1. The van der Waals surface area contributed by atoms with Crippen molar-refractivity contribution in [3.05, 3.63) is 48.3 Å². The molecular weight excluding hydrogens is 488 g/mol. The summed E-state index contributed by atoms with van der Waals surface area (Å²) in [6.07, 6.45) is 7.37. The first-order valence-electron chi connectivity index (χ1n) is 12.1. The number of nitriles is 1. The predicted molar refractivity (Wildman–Crippen MR) is 136 cm³/mol. The lowest BCUT2D eigenvalue weighted by molar-refractivity contribution is 0.117. The molecule has 1 saturated heterocycles. The largest absolute Gasteiger partial charge is 0.450 e. The lowest BCUT2D eigenvalue weighted by Crippen LogP contribution is -2.28. The zero-order valence-corrected chi connectivity index (χ0v) is 21.3. The number of fused-ring (bicyclic) bond motifs is 2. The number of hydrogen-bond acceptors (Lipinski definition) is 10. The molecule has 0 aliphatic carbocycles. The highest BCUT2D eigenvalue weighted by molar-refractivity contribution is 5.84. The molecule has 6 heterocycles. The van der Waals surface area contributed by atoms with Crippen LogP contribution >= 0.6 is 0 Å². The van der Waals surface area contributed by atoms with Crippen LogP contribution in [0.2, 0.25) is 0 Å². The number of rotatable bonds is 5. The first-order chi connectivity index (χ1) is 18.2. The van der Waals surface area contributed by atoms with Crippen LogP contribution < -0.4 is 10.1 Å². The second-order valence-corrected chi connectivity index (χ2v) is 10.2. The molecule has 0 amide bonds. The topological polar surface area (TPSA) is 153 Å². The van der Waals surface area contributed by atoms with Gasteiger partial charge in [0.2, 0.25) is 5.95 Å². The van der Waals surface area contributed by atoms with Crippen molar-refractivity contribution >= 4 is 28.4 Å². The van der Waals surface area contributed by atoms with E-state index in [4.69, 9.17) is 14.6 Å². The van der Waals surface area contributed by atoms with Gasteiger partial charge < -0.3 is 24.5 Å². The Hall–Kier alpha value is -4.54. The maximum Gasteiger partial charge on any atom is 0.210 e. The minimum absolute atomic E-state index is 0.225. The number of aliphatic hydroxyl groups is 1. The summed E-state index contributed by atoms with van der Waals surface area (Å²) in [5.41, 5.74) is 2.56. The van der Waals surface area contributed by atoms with Crippen LogP contribution in [-0.2, 0) is 17.2 Å². The molecule has 1 aliphatic heterocycles. The van der Waals surface area contributed by atoms with Gasteiger partial charge in [0.15, 0.2) is 23.0 Å². The van der Waals surface area contributed by atoms with Crippen molar-refractivity contribution in [2.45, 2.75) is 38.3 Å². The molecule has 0 saturated carbocycles. The molecular formula is C25H26N10O3. The van der Waals surface area contributed by atoms with Crippen molar-refractivity contribution in [1.29, 1.82) is 5.26 Å². The number of aromatic nitrogens is 8. The summed E-state index contributed by atoms with van der Waals surface area (Å²) in [4.78, 5) is 13.2. The molecule has 13 nitrogen and oxygen atoms in total. The van der Waals surface area contributed by atoms with Crippen molar-refractivity contribution in [2.75, 3.05) is 18.5 Å². The summed E-state index contributed by atoms with van der Waals surface area (Å²) in [7, 11) is 1.79. The summed E-state index contributed by atoms with van der Waals surface area (Å²) >= 11 is 0. The van der Waals surface area contributed by atoms with Crippen LogP contribution in [-0.4, -0.2) is 63.3 Å². The molecule has 2 atom stereocenters. The van der Waals surface area contributed by atoms with Crippen LogP contribution in [0.15, 0.2) is 37.1 Å². The van der Waals surface area contributed by atoms with Crippen molar-refractivity contribution in [3.63, 3.8) is 0 Å². The molecule has 5 aromatic heterocycles. The van der Waals surface area contributed by atoms with Crippen LogP contribution in [0.4, 0.5) is 11.8 Å². The second kappa shape index (κ2) is 8.79. The Morgan fingerprint density at radius 1 is 1.21 bits per heavy atom. The molecule has 0 aromatic carbocycles. The molecule has 0 bridgehead atoms. The van der Waals surface area contributed by atoms with E-state index < -0.39 is 6.10 Å². The smallest absolute Gasteiger partial charge is 0.210 e. The van der Waals surface area contributed by atoms with Crippen molar-refractivity contribution in [2.24, 2.45) is 7.05 Å². The van der Waals surface area contributed by atoms with Gasteiger partial charge in [-0.25, -0.2) is 9.50 Å². The van der Waals surface area contributed by atoms with Gasteiger partial charge in [0.1, 0.15) is 34.8 Å². The van der Waals surface area contributed by atoms with E-state index in [-0.39, 0.29) is 29.4 Å². The minimum Gasteiger partial charge on any atom is -0.450 e. The number of nitrogens with zero attached hydrogens (tertiary/aromatic N) is 9. The predicted octanol–water partition coefficient (Wildman–Crippen LogP) is 2.84. The standard InChI is InChI=1S/C25H26N10O3/c1-25(2,3)20-7-21(32-35(20)16-12-37-13-17(16)36)30-24-31-23-22(33(24)4)14(8-26)18(10-28-23)38-19-11-29-34-6-5-27-9-15(19)34/h5-7,9-11,16-17,36H,12-13H2,1-4H3,(H,28,30,31,32)/t16-,17-/m1/s1. The van der Waals surface area contributed by atoms with Gasteiger partial charge in [0, 0.05) is 36.6 Å². The zero-order valence-electron chi connectivity index (χ0n) is 21.3. The van der Waals surface area contributed by atoms with Crippen LogP contribution in [0, 0.1) is 11.3 Å². The molecule has 1 fully saturated rings. The van der Waals surface area contributed by atoms with Crippen molar-refractivity contribution in [3.8, 4) is 17.6 Å². The van der Waals surface area contributed by atoms with Gasteiger partial charge in [-0.2, -0.15) is 20.4 Å². The SMILES string of the molecule is Cn1c(Nc2cc(C(C)(C)C)n([C@@H]3COC[C@H]3O)n2)nc2ncc(Oc3cnn4ccncc34)c(C#N)c21. The summed E-state index contributed by atoms with van der Waals surface area (Å²) in [5.74, 6) is 1.74. The van der Waals surface area contributed by atoms with E-state index in [0.717, 1.165) is 5.69 Å². The van der Waals surface area contributed by atoms with Gasteiger partial charge in [-0.05, 0) is 0 Å². The Kier molecular flexibility index (Phi) is 5.51. The second-order valence-electron chi connectivity index (χ2n) is 10.2. The summed E-state index contributed by atoms with van der Waals surface area (Å²) in [5, 5.41) is 32.7. The molecule has 6 rings (SSSR count). The fourth-order valence-electron chi connectivity index (χ4n) is 4.61. The minimum atomic E-state index is -0.635. The van der Waals surface area contributed by atoms with Crippen molar-refractivity contribution in [1.82, 2.24) is 38.9 Å². The normalized spacial score (nSPS) is 17.8. The van der Waals surface area contributed by atoms with Gasteiger partial charge in [-0.3, -0.25) is 9.67 Å². The molecule has 13 heteroatoms. The number of hydrogen-bond donors (Lipinski definition) is 2. The number of nitrogens with one attached hydrogen (secondary N) is 1. The first kappa shape index (κ1) is 23.8. The Labute approximate surface area is 217 Å². The van der Waals surface area contributed by atoms with E-state index in [9.17, 15) is 10.4 Å². The van der Waals surface area contributed by atoms with Crippen LogP contribution in [0.3, 0.4) is 0 Å². The van der Waals surface area contributed by atoms with Gasteiger partial charge >= 0.3 is 0 Å². The van der Waals surface area contributed by atoms with Gasteiger partial charge in [-0.1, -0.05) is 20.8 Å². The number of imidazole rings is 1. The number of aryl methyl sites for hydroxylation is 1. The van der Waals surface area contributed by atoms with E-state index in [1.54, 1.807) is 40.9 Å². The molecule has 1 aliphatic rings. The molecule has 5 aromatic rings. The molecule has 2 N–H and O–H groups in total. The van der Waals surface area contributed by atoms with E-state index in [2.05, 4.69) is 52.2 Å². The summed E-state index contributed by atoms with van der Waals surface area (Å²) in [6, 6.07) is 3.90. The zero-order chi connectivity index (χ0) is 26.6. The maximum atomic E-state index is 10.4. The molecule has 38 heavy (non-hydrogen) atoms. The van der Waals surface area contributed by atoms with Gasteiger partial charge in [0.05, 0.1) is 31.8 Å². The molecule has 0 unspecified atom stereocenters. The highest BCUT2D eigenvalue weighted by Crippen LogP contribution is 2.34. The Morgan fingerprint density at radius 3 is 2.79 bits per heavy atom. The molecule has 0 spiro atoms. The number of anilines is 2. The highest BCUT2D eigenvalue weighted by Gasteiger charge is 2.33. The summed E-state index contributed by atoms with van der Waals surface area (Å²) in [6.45, 7) is 6.93. The number of ether oxygens (including phenoxy) is 2. The third-order valence-corrected chi connectivity index (χ3v) is 6.56. The molecule has 0 radical (unpaired) electrons. The Morgan fingerprint density at radius 2 is 2.05 bits per heavy atom. The van der Waals surface area contributed by atoms with Crippen LogP contribution in [0.25, 0.3) is 16.7 Å². The average molecular weight is 515 g/mol. The fraction of sp³-hybridized carbons (Fsp3) is 0.360. The highest BCUT2D eigenvalue weighted by atomic mass is 16.5. The monoisotopic (exact) mass is 514 g/mol. The van der Waals surface area contributed by atoms with E-state index in [1.807, 2.05) is 10.7 Å². The van der Waals surface area contributed by atoms with E-state index >= 15 is 0 Å². The maximum absolute atomic E-state index is 10.4. The lowest BCUT2D eigenvalue weighted by atomic mass is 9.91. The Balaban J connectivity index is 1.37. The number of pyridine rings is 1. The van der Waals surface area contributed by atoms with Crippen LogP contribution in [0.1, 0.15) is 38.1 Å². The van der Waals surface area contributed by atoms with Crippen LogP contribution in [0.5, 0.6) is 11.5 Å². The average Bonchev–Trinajstić information content (AvgIpc) is 3.66. The van der Waals surface area contributed by atoms with E-state index in [0.29, 0.717) is 40.8 Å². The summed E-state index contributed by atoms with van der Waals surface area (Å²) < 4.78 is 16.7. The van der Waals surface area contributed by atoms with Gasteiger partial charge in [0.25, 0.3) is 0 Å². The van der Waals surface area contributed by atoms with Crippen molar-refractivity contribution < 1.29 is 14.6 Å². The Bertz CT molecular complexity index is 1700. The number of aliphatic hydroxyl groups excluding tert-OH is 1. The molecule has 194 valence electrons. The lowest BCUT2D eigenvalue weighted by Gasteiger charge is -2.24. The van der Waals surface area contributed by atoms with E-state index in [1.165, 1.54) is 6.20 Å².